The monoisotopic (exact) mass is 572 g/mol. The Balaban J connectivity index is 1.43. The molecule has 5 rings (SSSR count). The molecule has 170 valence electrons. The van der Waals surface area contributed by atoms with Crippen molar-refractivity contribution in [1.82, 2.24) is 35.1 Å². The number of rotatable bonds is 8. The second-order valence-electron chi connectivity index (χ2n) is 8.01. The highest BCUT2D eigenvalue weighted by molar-refractivity contribution is 9.11. The number of nitrogens with one attached hydrogen (secondary N) is 2. The maximum atomic E-state index is 11.9. The van der Waals surface area contributed by atoms with Crippen LogP contribution < -0.4 is 5.32 Å². The van der Waals surface area contributed by atoms with Crippen LogP contribution in [0.25, 0.3) is 11.0 Å². The number of aromatic nitrogens is 6. The van der Waals surface area contributed by atoms with Crippen molar-refractivity contribution in [3.05, 3.63) is 63.1 Å². The van der Waals surface area contributed by atoms with Crippen molar-refractivity contribution < 1.29 is 4.79 Å². The average Bonchev–Trinajstić information content (AvgIpc) is 3.53. The number of hydrogen-bond donors (Lipinski definition) is 2. The van der Waals surface area contributed by atoms with Gasteiger partial charge in [0.1, 0.15) is 6.04 Å². The molecule has 3 heterocycles. The first-order valence-electron chi connectivity index (χ1n) is 10.8. The first-order chi connectivity index (χ1) is 16.1. The summed E-state index contributed by atoms with van der Waals surface area (Å²) in [5.41, 5.74) is 3.78. The van der Waals surface area contributed by atoms with Crippen LogP contribution in [0.3, 0.4) is 0 Å². The number of hydrogen-bond acceptors (Lipinski definition) is 6. The number of tetrazole rings is 1. The Morgan fingerprint density at radius 2 is 1.97 bits per heavy atom. The van der Waals surface area contributed by atoms with Gasteiger partial charge >= 0.3 is 0 Å². The van der Waals surface area contributed by atoms with Crippen molar-refractivity contribution in [3.63, 3.8) is 0 Å². The van der Waals surface area contributed by atoms with Crippen LogP contribution in [0.15, 0.2) is 51.7 Å². The van der Waals surface area contributed by atoms with Crippen LogP contribution in [0, 0.1) is 0 Å². The summed E-state index contributed by atoms with van der Waals surface area (Å²) < 4.78 is 3.73. The number of anilines is 1. The van der Waals surface area contributed by atoms with Gasteiger partial charge < -0.3 is 15.2 Å². The van der Waals surface area contributed by atoms with E-state index in [-0.39, 0.29) is 11.9 Å². The predicted octanol–water partition coefficient (Wildman–Crippen LogP) is 4.29. The van der Waals surface area contributed by atoms with Crippen molar-refractivity contribution in [2.24, 2.45) is 0 Å². The van der Waals surface area contributed by atoms with Gasteiger partial charge in [0.2, 0.25) is 5.91 Å². The molecular formula is C22H22Br2N8O. The molecule has 1 fully saturated rings. The van der Waals surface area contributed by atoms with E-state index in [9.17, 15) is 4.79 Å². The summed E-state index contributed by atoms with van der Waals surface area (Å²) in [7, 11) is 0. The molecule has 2 aromatic carbocycles. The van der Waals surface area contributed by atoms with Crippen LogP contribution in [0.2, 0.25) is 0 Å². The van der Waals surface area contributed by atoms with Gasteiger partial charge in [-0.3, -0.25) is 4.79 Å². The Kier molecular flexibility index (Phi) is 6.41. The number of likely N-dealkylation sites (tertiary alicyclic amines) is 1. The van der Waals surface area contributed by atoms with E-state index in [1.165, 1.54) is 0 Å². The predicted molar refractivity (Wildman–Crippen MR) is 132 cm³/mol. The first kappa shape index (κ1) is 22.0. The topological polar surface area (TPSA) is 105 Å². The molecule has 0 aliphatic carbocycles. The van der Waals surface area contributed by atoms with E-state index in [0.29, 0.717) is 18.8 Å². The first-order valence-corrected chi connectivity index (χ1v) is 12.3. The number of aryl methyl sites for hydroxylation is 1. The van der Waals surface area contributed by atoms with Gasteiger partial charge in [0.25, 0.3) is 0 Å². The van der Waals surface area contributed by atoms with Crippen molar-refractivity contribution in [1.29, 1.82) is 0 Å². The van der Waals surface area contributed by atoms with Crippen molar-refractivity contribution in [2.45, 2.75) is 31.8 Å². The van der Waals surface area contributed by atoms with Crippen molar-refractivity contribution >= 4 is 54.5 Å². The molecule has 33 heavy (non-hydrogen) atoms. The third-order valence-corrected chi connectivity index (χ3v) is 6.65. The summed E-state index contributed by atoms with van der Waals surface area (Å²) in [6.07, 6.45) is 4.07. The van der Waals surface area contributed by atoms with Gasteiger partial charge in [-0.15, -0.1) is 5.10 Å². The minimum absolute atomic E-state index is 0.236. The molecular weight excluding hydrogens is 552 g/mol. The number of imidazole rings is 1. The number of aromatic amines is 1. The summed E-state index contributed by atoms with van der Waals surface area (Å²) >= 11 is 7.19. The molecule has 1 saturated heterocycles. The van der Waals surface area contributed by atoms with Gasteiger partial charge in [-0.2, -0.15) is 0 Å². The maximum Gasteiger partial charge on any atom is 0.222 e. The van der Waals surface area contributed by atoms with E-state index in [0.717, 1.165) is 57.2 Å². The molecule has 1 aliphatic heterocycles. The van der Waals surface area contributed by atoms with E-state index >= 15 is 0 Å². The van der Waals surface area contributed by atoms with E-state index in [1.54, 1.807) is 6.33 Å². The molecule has 0 bridgehead atoms. The molecule has 1 amide bonds. The number of fused-ring (bicyclic) bond motifs is 1. The fraction of sp³-hybridized carbons (Fsp3) is 0.318. The molecule has 0 spiro atoms. The quantitative estimate of drug-likeness (QED) is 0.326. The Hall–Kier alpha value is -2.79. The van der Waals surface area contributed by atoms with Crippen LogP contribution in [0.4, 0.5) is 5.69 Å². The highest BCUT2D eigenvalue weighted by atomic mass is 79.9. The molecule has 2 aromatic heterocycles. The Labute approximate surface area is 207 Å². The molecule has 4 aromatic rings. The van der Waals surface area contributed by atoms with Crippen LogP contribution in [0.5, 0.6) is 0 Å². The lowest BCUT2D eigenvalue weighted by molar-refractivity contribution is -0.127. The van der Waals surface area contributed by atoms with Gasteiger partial charge in [-0.1, -0.05) is 31.9 Å². The third kappa shape index (κ3) is 4.93. The van der Waals surface area contributed by atoms with Gasteiger partial charge in [0, 0.05) is 40.7 Å². The lowest BCUT2D eigenvalue weighted by Crippen LogP contribution is -2.27. The van der Waals surface area contributed by atoms with Crippen LogP contribution in [-0.4, -0.2) is 54.1 Å². The molecule has 1 unspecified atom stereocenters. The smallest absolute Gasteiger partial charge is 0.222 e. The zero-order valence-electron chi connectivity index (χ0n) is 17.7. The van der Waals surface area contributed by atoms with E-state index in [2.05, 4.69) is 74.8 Å². The minimum atomic E-state index is -0.289. The number of carbonyl (C=O) groups is 1. The van der Waals surface area contributed by atoms with Crippen LogP contribution in [0.1, 0.15) is 36.7 Å². The maximum absolute atomic E-state index is 11.9. The highest BCUT2D eigenvalue weighted by Crippen LogP contribution is 2.31. The number of halogens is 2. The average molecular weight is 574 g/mol. The fourth-order valence-corrected chi connectivity index (χ4v) is 5.49. The van der Waals surface area contributed by atoms with Gasteiger partial charge in [0.05, 0.1) is 17.4 Å². The number of benzene rings is 2. The number of nitrogens with zero attached hydrogens (tertiary/aromatic N) is 6. The van der Waals surface area contributed by atoms with E-state index in [4.69, 9.17) is 0 Å². The second kappa shape index (κ2) is 9.60. The molecule has 1 atom stereocenters. The number of carbonyl (C=O) groups excluding carboxylic acids is 1. The molecule has 0 saturated carbocycles. The van der Waals surface area contributed by atoms with E-state index in [1.807, 2.05) is 33.8 Å². The summed E-state index contributed by atoms with van der Waals surface area (Å²) in [6, 6.07) is 11.8. The standard InChI is InChI=1S/C22H22Br2N8O/c23-15-9-14(10-16(24)11-15)21(27-17-4-5-18-19(12-17)26-13-25-18)22-28-29-30-32(22)8-2-7-31-6-1-3-20(31)33/h4-5,9-13,21,27H,1-3,6-8H2,(H,25,26). The van der Waals surface area contributed by atoms with Gasteiger partial charge in [0.15, 0.2) is 5.82 Å². The van der Waals surface area contributed by atoms with Crippen molar-refractivity contribution in [3.8, 4) is 0 Å². The van der Waals surface area contributed by atoms with E-state index < -0.39 is 0 Å². The Bertz CT molecular complexity index is 1270. The van der Waals surface area contributed by atoms with Gasteiger partial charge in [-0.25, -0.2) is 9.67 Å². The third-order valence-electron chi connectivity index (χ3n) is 5.74. The number of amides is 1. The minimum Gasteiger partial charge on any atom is -0.371 e. The largest absolute Gasteiger partial charge is 0.371 e. The second-order valence-corrected chi connectivity index (χ2v) is 9.84. The fourth-order valence-electron chi connectivity index (χ4n) is 4.16. The zero-order valence-corrected chi connectivity index (χ0v) is 20.9. The van der Waals surface area contributed by atoms with Crippen LogP contribution in [-0.2, 0) is 11.3 Å². The van der Waals surface area contributed by atoms with Gasteiger partial charge in [-0.05, 0) is 65.2 Å². The summed E-state index contributed by atoms with van der Waals surface area (Å²) in [5, 5.41) is 16.2. The summed E-state index contributed by atoms with van der Waals surface area (Å²) in [4.78, 5) is 21.3. The summed E-state index contributed by atoms with van der Waals surface area (Å²) in [5.74, 6) is 0.942. The molecule has 11 heteroatoms. The molecule has 9 nitrogen and oxygen atoms in total. The molecule has 2 N–H and O–H groups in total. The Morgan fingerprint density at radius 3 is 2.76 bits per heavy atom. The van der Waals surface area contributed by atoms with Crippen LogP contribution >= 0.6 is 31.9 Å². The lowest BCUT2D eigenvalue weighted by Gasteiger charge is -2.21. The SMILES string of the molecule is O=C1CCCN1CCCn1nnnc1C(Nc1ccc2nc[nH]c2c1)c1cc(Br)cc(Br)c1. The molecule has 0 radical (unpaired) electrons. The normalized spacial score (nSPS) is 14.8. The number of H-pyrrole nitrogens is 1. The zero-order chi connectivity index (χ0) is 22.8. The molecule has 1 aliphatic rings. The lowest BCUT2D eigenvalue weighted by atomic mass is 10.1. The highest BCUT2D eigenvalue weighted by Gasteiger charge is 2.24. The van der Waals surface area contributed by atoms with Crippen molar-refractivity contribution in [2.75, 3.05) is 18.4 Å². The summed E-state index contributed by atoms with van der Waals surface area (Å²) in [6.45, 7) is 2.18. The Morgan fingerprint density at radius 1 is 1.12 bits per heavy atom.